The van der Waals surface area contributed by atoms with Crippen LogP contribution in [-0.4, -0.2) is 22.8 Å². The maximum atomic E-state index is 13.7. The van der Waals surface area contributed by atoms with E-state index in [-0.39, 0.29) is 10.7 Å². The number of benzene rings is 1. The normalized spacial score (nSPS) is 11.9. The molecule has 0 aliphatic carbocycles. The van der Waals surface area contributed by atoms with Crippen molar-refractivity contribution in [3.05, 3.63) is 28.8 Å². The lowest BCUT2D eigenvalue weighted by Crippen LogP contribution is -2.27. The van der Waals surface area contributed by atoms with Crippen LogP contribution in [0.2, 0.25) is 5.02 Å². The molecule has 1 amide bonds. The fourth-order valence-electron chi connectivity index (χ4n) is 1.55. The average molecular weight is 336 g/mol. The molecule has 2 N–H and O–H groups in total. The first-order valence-corrected chi connectivity index (χ1v) is 6.68. The molecular weight excluding hydrogens is 320 g/mol. The lowest BCUT2D eigenvalue weighted by atomic mass is 10.1. The Hall–Kier alpha value is -1.89. The predicted octanol–water partition coefficient (Wildman–Crippen LogP) is 4.25. The number of carboxylic acids is 1. The highest BCUT2D eigenvalue weighted by Crippen LogP contribution is 2.35. The molecule has 1 rings (SSSR count). The molecule has 0 unspecified atom stereocenters. The second-order valence-corrected chi connectivity index (χ2v) is 6.00. The van der Waals surface area contributed by atoms with Crippen molar-refractivity contribution in [2.75, 3.05) is 5.32 Å². The van der Waals surface area contributed by atoms with Crippen LogP contribution in [0.25, 0.3) is 0 Å². The molecule has 0 bridgehead atoms. The van der Waals surface area contributed by atoms with Gasteiger partial charge in [0.15, 0.2) is 0 Å². The van der Waals surface area contributed by atoms with Crippen LogP contribution < -0.4 is 5.32 Å². The number of rotatable bonds is 4. The number of hydrogen-bond acceptors (Lipinski definition) is 3. The molecule has 8 heteroatoms. The first kappa shape index (κ1) is 18.2. The number of carbonyl (C=O) groups excluding carboxylic acids is 1. The van der Waals surface area contributed by atoms with E-state index >= 15 is 0 Å². The molecule has 0 atom stereocenters. The highest BCUT2D eigenvalue weighted by atomic mass is 35.5. The molecule has 0 heterocycles. The van der Waals surface area contributed by atoms with Crippen LogP contribution >= 0.6 is 11.6 Å². The Kier molecular flexibility index (Phi) is 5.35. The van der Waals surface area contributed by atoms with E-state index in [0.29, 0.717) is 0 Å². The summed E-state index contributed by atoms with van der Waals surface area (Å²) >= 11 is 5.84. The van der Waals surface area contributed by atoms with Crippen molar-refractivity contribution in [2.45, 2.75) is 38.7 Å². The Labute approximate surface area is 131 Å². The van der Waals surface area contributed by atoms with Gasteiger partial charge in [-0.1, -0.05) is 17.7 Å². The van der Waals surface area contributed by atoms with Crippen molar-refractivity contribution in [3.8, 4) is 0 Å². The van der Waals surface area contributed by atoms with Crippen molar-refractivity contribution in [2.24, 2.45) is 0 Å². The number of hydrogen-bond donors (Lipinski definition) is 2. The van der Waals surface area contributed by atoms with E-state index in [1.54, 1.807) is 20.8 Å². The summed E-state index contributed by atoms with van der Waals surface area (Å²) in [5.41, 5.74) is -1.18. The number of alkyl halides is 2. The summed E-state index contributed by atoms with van der Waals surface area (Å²) in [5.74, 6) is -5.18. The molecule has 22 heavy (non-hydrogen) atoms. The summed E-state index contributed by atoms with van der Waals surface area (Å²) in [7, 11) is 0. The number of aliphatic carboxylic acids is 1. The largest absolute Gasteiger partial charge is 0.481 e. The SMILES string of the molecule is CC(C)(C)OC(=O)Nc1ccc(C(F)(F)CC(=O)O)cc1Cl. The fourth-order valence-corrected chi connectivity index (χ4v) is 1.78. The molecule has 5 nitrogen and oxygen atoms in total. The third-order valence-corrected chi connectivity index (χ3v) is 2.71. The minimum absolute atomic E-state index is 0.0887. The van der Waals surface area contributed by atoms with Gasteiger partial charge in [0.2, 0.25) is 0 Å². The first-order chi connectivity index (χ1) is 9.90. The van der Waals surface area contributed by atoms with Crippen LogP contribution in [0.5, 0.6) is 0 Å². The molecule has 0 aliphatic heterocycles. The lowest BCUT2D eigenvalue weighted by molar-refractivity contribution is -0.145. The quantitative estimate of drug-likeness (QED) is 0.862. The van der Waals surface area contributed by atoms with Gasteiger partial charge < -0.3 is 9.84 Å². The minimum Gasteiger partial charge on any atom is -0.481 e. The molecule has 122 valence electrons. The number of ether oxygens (including phenoxy) is 1. The highest BCUT2D eigenvalue weighted by molar-refractivity contribution is 6.33. The maximum Gasteiger partial charge on any atom is 0.412 e. The number of halogens is 3. The summed E-state index contributed by atoms with van der Waals surface area (Å²) in [4.78, 5) is 22.0. The Morgan fingerprint density at radius 1 is 1.32 bits per heavy atom. The lowest BCUT2D eigenvalue weighted by Gasteiger charge is -2.20. The Morgan fingerprint density at radius 3 is 2.36 bits per heavy atom. The topological polar surface area (TPSA) is 75.6 Å². The summed E-state index contributed by atoms with van der Waals surface area (Å²) in [6, 6.07) is 3.08. The third-order valence-electron chi connectivity index (χ3n) is 2.40. The standard InChI is InChI=1S/C14H16ClF2NO4/c1-13(2,3)22-12(21)18-10-5-4-8(6-9(10)15)14(16,17)7-11(19)20/h4-6H,7H2,1-3H3,(H,18,21)(H,19,20). The van der Waals surface area contributed by atoms with Gasteiger partial charge in [0, 0.05) is 5.56 Å². The molecule has 0 radical (unpaired) electrons. The molecule has 0 spiro atoms. The average Bonchev–Trinajstić information content (AvgIpc) is 2.27. The molecule has 0 saturated heterocycles. The summed E-state index contributed by atoms with van der Waals surface area (Å²) in [6.07, 6.45) is -2.12. The molecule has 0 aromatic heterocycles. The number of carbonyl (C=O) groups is 2. The van der Waals surface area contributed by atoms with E-state index < -0.39 is 35.6 Å². The smallest absolute Gasteiger partial charge is 0.412 e. The summed E-state index contributed by atoms with van der Waals surface area (Å²) < 4.78 is 32.3. The van der Waals surface area contributed by atoms with Gasteiger partial charge in [-0.05, 0) is 32.9 Å². The van der Waals surface area contributed by atoms with Crippen molar-refractivity contribution < 1.29 is 28.2 Å². The third kappa shape index (κ3) is 5.48. The molecule has 0 aliphatic rings. The van der Waals surface area contributed by atoms with Crippen LogP contribution in [-0.2, 0) is 15.5 Å². The summed E-state index contributed by atoms with van der Waals surface area (Å²) in [5, 5.41) is 10.7. The van der Waals surface area contributed by atoms with Crippen LogP contribution in [0.15, 0.2) is 18.2 Å². The van der Waals surface area contributed by atoms with Crippen molar-refractivity contribution in [3.63, 3.8) is 0 Å². The molecule has 1 aromatic rings. The fraction of sp³-hybridized carbons (Fsp3) is 0.429. The van der Waals surface area contributed by atoms with E-state index in [0.717, 1.165) is 18.2 Å². The van der Waals surface area contributed by atoms with Crippen molar-refractivity contribution >= 4 is 29.4 Å². The van der Waals surface area contributed by atoms with Gasteiger partial charge in [-0.25, -0.2) is 13.6 Å². The maximum absolute atomic E-state index is 13.7. The summed E-state index contributed by atoms with van der Waals surface area (Å²) in [6.45, 7) is 5.01. The van der Waals surface area contributed by atoms with Gasteiger partial charge in [-0.2, -0.15) is 0 Å². The van der Waals surface area contributed by atoms with Gasteiger partial charge in [0.1, 0.15) is 12.0 Å². The van der Waals surface area contributed by atoms with Gasteiger partial charge in [0.05, 0.1) is 10.7 Å². The zero-order valence-corrected chi connectivity index (χ0v) is 13.0. The molecular formula is C14H16ClF2NO4. The Morgan fingerprint density at radius 2 is 1.91 bits per heavy atom. The monoisotopic (exact) mass is 335 g/mol. The minimum atomic E-state index is -3.56. The second kappa shape index (κ2) is 6.48. The van der Waals surface area contributed by atoms with Crippen LogP contribution in [0.3, 0.4) is 0 Å². The molecule has 1 aromatic carbocycles. The number of amides is 1. The van der Waals surface area contributed by atoms with Gasteiger partial charge in [0.25, 0.3) is 5.92 Å². The van der Waals surface area contributed by atoms with Crippen molar-refractivity contribution in [1.82, 2.24) is 0 Å². The molecule has 0 saturated carbocycles. The zero-order chi connectivity index (χ0) is 17.1. The van der Waals surface area contributed by atoms with Gasteiger partial charge >= 0.3 is 12.1 Å². The van der Waals surface area contributed by atoms with Crippen LogP contribution in [0.1, 0.15) is 32.8 Å². The van der Waals surface area contributed by atoms with Crippen LogP contribution in [0.4, 0.5) is 19.3 Å². The van der Waals surface area contributed by atoms with E-state index in [4.69, 9.17) is 21.4 Å². The van der Waals surface area contributed by atoms with Crippen LogP contribution in [0, 0.1) is 0 Å². The second-order valence-electron chi connectivity index (χ2n) is 5.60. The first-order valence-electron chi connectivity index (χ1n) is 6.30. The van der Waals surface area contributed by atoms with E-state index in [9.17, 15) is 18.4 Å². The van der Waals surface area contributed by atoms with Crippen molar-refractivity contribution in [1.29, 1.82) is 0 Å². The molecule has 0 fully saturated rings. The number of anilines is 1. The van der Waals surface area contributed by atoms with E-state index in [2.05, 4.69) is 5.32 Å². The highest BCUT2D eigenvalue weighted by Gasteiger charge is 2.35. The van der Waals surface area contributed by atoms with E-state index in [1.165, 1.54) is 0 Å². The Balaban J connectivity index is 2.91. The zero-order valence-electron chi connectivity index (χ0n) is 12.2. The van der Waals surface area contributed by atoms with Gasteiger partial charge in [-0.3, -0.25) is 10.1 Å². The Bertz CT molecular complexity index is 585. The van der Waals surface area contributed by atoms with E-state index in [1.807, 2.05) is 0 Å². The predicted molar refractivity (Wildman–Crippen MR) is 77.5 cm³/mol. The number of nitrogens with one attached hydrogen (secondary N) is 1. The van der Waals surface area contributed by atoms with Gasteiger partial charge in [-0.15, -0.1) is 0 Å². The number of carboxylic acid groups (broad SMARTS) is 1.